The molecule has 0 aromatic heterocycles. The van der Waals surface area contributed by atoms with E-state index in [1.165, 1.54) is 4.31 Å². The highest BCUT2D eigenvalue weighted by molar-refractivity contribution is 7.92. The maximum absolute atomic E-state index is 12.5. The molecule has 0 aliphatic carbocycles. The summed E-state index contributed by atoms with van der Waals surface area (Å²) in [5.74, 6) is -0.306. The van der Waals surface area contributed by atoms with Crippen LogP contribution in [0.3, 0.4) is 0 Å². The van der Waals surface area contributed by atoms with E-state index in [2.05, 4.69) is 26.1 Å². The number of sulfonamides is 1. The summed E-state index contributed by atoms with van der Waals surface area (Å²) in [7, 11) is -3.57. The molecule has 6 heteroatoms. The van der Waals surface area contributed by atoms with Crippen LogP contribution in [0.15, 0.2) is 18.2 Å². The Bertz CT molecular complexity index is 732. The molecule has 1 N–H and O–H groups in total. The number of aryl methyl sites for hydroxylation is 2. The molecule has 1 rings (SSSR count). The van der Waals surface area contributed by atoms with Gasteiger partial charge in [-0.15, -0.1) is 0 Å². The fraction of sp³-hybridized carbons (Fsp3) is 0.632. The van der Waals surface area contributed by atoms with Gasteiger partial charge < -0.3 is 5.32 Å². The molecule has 0 unspecified atom stereocenters. The third kappa shape index (κ3) is 7.06. The summed E-state index contributed by atoms with van der Waals surface area (Å²) in [6.45, 7) is 13.8. The lowest BCUT2D eigenvalue weighted by molar-refractivity contribution is -0.121. The molecule has 142 valence electrons. The van der Waals surface area contributed by atoms with Gasteiger partial charge in [0.25, 0.3) is 0 Å². The Hall–Kier alpha value is -1.56. The number of rotatable bonds is 6. The minimum Gasteiger partial charge on any atom is -0.350 e. The van der Waals surface area contributed by atoms with Crippen molar-refractivity contribution in [2.24, 2.45) is 5.41 Å². The second kappa shape index (κ2) is 7.36. The molecule has 0 fully saturated rings. The molecule has 0 aliphatic heterocycles. The number of benzene rings is 1. The van der Waals surface area contributed by atoms with E-state index in [1.54, 1.807) is 6.07 Å². The van der Waals surface area contributed by atoms with Gasteiger partial charge in [-0.3, -0.25) is 9.10 Å². The van der Waals surface area contributed by atoms with Crippen LogP contribution in [0.25, 0.3) is 0 Å². The van der Waals surface area contributed by atoms with Crippen molar-refractivity contribution in [3.8, 4) is 0 Å². The van der Waals surface area contributed by atoms with Crippen LogP contribution in [-0.4, -0.2) is 32.7 Å². The lowest BCUT2D eigenvalue weighted by Crippen LogP contribution is -2.50. The molecule has 25 heavy (non-hydrogen) atoms. The highest BCUT2D eigenvalue weighted by atomic mass is 32.2. The van der Waals surface area contributed by atoms with Crippen LogP contribution in [0, 0.1) is 19.3 Å². The first-order valence-corrected chi connectivity index (χ1v) is 10.3. The maximum atomic E-state index is 12.5. The van der Waals surface area contributed by atoms with E-state index in [4.69, 9.17) is 0 Å². The fourth-order valence-corrected chi connectivity index (χ4v) is 4.30. The molecule has 1 aromatic rings. The molecule has 5 nitrogen and oxygen atoms in total. The number of nitrogens with zero attached hydrogens (tertiary/aromatic N) is 1. The topological polar surface area (TPSA) is 66.5 Å². The first-order chi connectivity index (χ1) is 11.1. The van der Waals surface area contributed by atoms with Crippen LogP contribution in [-0.2, 0) is 14.8 Å². The normalized spacial score (nSPS) is 12.8. The van der Waals surface area contributed by atoms with E-state index >= 15 is 0 Å². The second-order valence-corrected chi connectivity index (χ2v) is 10.6. The smallest absolute Gasteiger partial charge is 0.241 e. The van der Waals surface area contributed by atoms with Crippen LogP contribution >= 0.6 is 0 Å². The van der Waals surface area contributed by atoms with Crippen molar-refractivity contribution in [3.63, 3.8) is 0 Å². The molecule has 0 saturated carbocycles. The average molecular weight is 369 g/mol. The molecule has 0 atom stereocenters. The Balaban J connectivity index is 3.03. The molecule has 0 saturated heterocycles. The van der Waals surface area contributed by atoms with Gasteiger partial charge in [-0.05, 0) is 51.2 Å². The molecule has 0 radical (unpaired) electrons. The number of hydrogen-bond donors (Lipinski definition) is 1. The Morgan fingerprint density at radius 2 is 1.68 bits per heavy atom. The lowest BCUT2D eigenvalue weighted by Gasteiger charge is -2.34. The monoisotopic (exact) mass is 368 g/mol. The molecular weight excluding hydrogens is 336 g/mol. The summed E-state index contributed by atoms with van der Waals surface area (Å²) >= 11 is 0. The standard InChI is InChI=1S/C19H32N2O3S/c1-14-9-10-16(15(2)11-14)21(25(8,23)24)12-17(22)20-19(6,7)13-18(3,4)5/h9-11H,12-13H2,1-8H3,(H,20,22). The van der Waals surface area contributed by atoms with Gasteiger partial charge >= 0.3 is 0 Å². The molecule has 0 aliphatic rings. The summed E-state index contributed by atoms with van der Waals surface area (Å²) in [6.07, 6.45) is 1.91. The van der Waals surface area contributed by atoms with Gasteiger partial charge in [0.15, 0.2) is 0 Å². The first-order valence-electron chi connectivity index (χ1n) is 8.47. The quantitative estimate of drug-likeness (QED) is 0.837. The Kier molecular flexibility index (Phi) is 6.32. The summed E-state index contributed by atoms with van der Waals surface area (Å²) in [5, 5.41) is 2.97. The van der Waals surface area contributed by atoms with Gasteiger partial charge in [0, 0.05) is 5.54 Å². The average Bonchev–Trinajstić information content (AvgIpc) is 2.31. The molecule has 0 spiro atoms. The lowest BCUT2D eigenvalue weighted by atomic mass is 9.82. The van der Waals surface area contributed by atoms with Crippen molar-refractivity contribution in [2.45, 2.75) is 60.4 Å². The molecule has 0 heterocycles. The first kappa shape index (κ1) is 21.5. The Morgan fingerprint density at radius 3 is 2.12 bits per heavy atom. The van der Waals surface area contributed by atoms with E-state index in [1.807, 2.05) is 39.8 Å². The summed E-state index contributed by atoms with van der Waals surface area (Å²) in [4.78, 5) is 12.5. The highest BCUT2D eigenvalue weighted by Gasteiger charge is 2.29. The van der Waals surface area contributed by atoms with Gasteiger partial charge in [-0.2, -0.15) is 0 Å². The minimum atomic E-state index is -3.57. The Morgan fingerprint density at radius 1 is 1.12 bits per heavy atom. The van der Waals surface area contributed by atoms with E-state index in [0.717, 1.165) is 23.8 Å². The highest BCUT2D eigenvalue weighted by Crippen LogP contribution is 2.27. The number of hydrogen-bond acceptors (Lipinski definition) is 3. The van der Waals surface area contributed by atoms with Crippen molar-refractivity contribution in [2.75, 3.05) is 17.1 Å². The number of carbonyl (C=O) groups is 1. The summed E-state index contributed by atoms with van der Waals surface area (Å²) < 4.78 is 25.7. The molecule has 1 amide bonds. The minimum absolute atomic E-state index is 0.0564. The van der Waals surface area contributed by atoms with Gasteiger partial charge in [-0.25, -0.2) is 8.42 Å². The zero-order valence-corrected chi connectivity index (χ0v) is 17.5. The van der Waals surface area contributed by atoms with Crippen molar-refractivity contribution in [1.82, 2.24) is 5.32 Å². The molecule has 0 bridgehead atoms. The van der Waals surface area contributed by atoms with Crippen LogP contribution in [0.4, 0.5) is 5.69 Å². The number of anilines is 1. The number of carbonyl (C=O) groups excluding carboxylic acids is 1. The van der Waals surface area contributed by atoms with Crippen LogP contribution in [0.1, 0.15) is 52.2 Å². The predicted molar refractivity (Wildman–Crippen MR) is 104 cm³/mol. The zero-order valence-electron chi connectivity index (χ0n) is 16.7. The molecule has 1 aromatic carbocycles. The van der Waals surface area contributed by atoms with Crippen molar-refractivity contribution >= 4 is 21.6 Å². The van der Waals surface area contributed by atoms with Crippen LogP contribution in [0.2, 0.25) is 0 Å². The van der Waals surface area contributed by atoms with Crippen molar-refractivity contribution in [1.29, 1.82) is 0 Å². The van der Waals surface area contributed by atoms with Crippen LogP contribution < -0.4 is 9.62 Å². The SMILES string of the molecule is Cc1ccc(N(CC(=O)NC(C)(C)CC(C)(C)C)S(C)(=O)=O)c(C)c1. The zero-order chi connectivity index (χ0) is 19.6. The molecular formula is C19H32N2O3S. The van der Waals surface area contributed by atoms with E-state index in [-0.39, 0.29) is 17.9 Å². The maximum Gasteiger partial charge on any atom is 0.241 e. The van der Waals surface area contributed by atoms with Gasteiger partial charge in [0.05, 0.1) is 11.9 Å². The fourth-order valence-electron chi connectivity index (χ4n) is 3.38. The third-order valence-corrected chi connectivity index (χ3v) is 4.89. The predicted octanol–water partition coefficient (Wildman–Crippen LogP) is 3.40. The largest absolute Gasteiger partial charge is 0.350 e. The van der Waals surface area contributed by atoms with Crippen molar-refractivity contribution < 1.29 is 13.2 Å². The summed E-state index contributed by atoms with van der Waals surface area (Å²) in [5.41, 5.74) is 2.05. The van der Waals surface area contributed by atoms with Crippen LogP contribution in [0.5, 0.6) is 0 Å². The Labute approximate surface area is 152 Å². The van der Waals surface area contributed by atoms with E-state index in [9.17, 15) is 13.2 Å². The van der Waals surface area contributed by atoms with E-state index < -0.39 is 15.6 Å². The van der Waals surface area contributed by atoms with Gasteiger partial charge in [0.2, 0.25) is 15.9 Å². The number of nitrogens with one attached hydrogen (secondary N) is 1. The van der Waals surface area contributed by atoms with Crippen molar-refractivity contribution in [3.05, 3.63) is 29.3 Å². The second-order valence-electron chi connectivity index (χ2n) is 8.73. The van der Waals surface area contributed by atoms with Gasteiger partial charge in [-0.1, -0.05) is 38.5 Å². The van der Waals surface area contributed by atoms with Gasteiger partial charge in [0.1, 0.15) is 6.54 Å². The van der Waals surface area contributed by atoms with E-state index in [0.29, 0.717) is 5.69 Å². The number of amides is 1. The third-order valence-electron chi connectivity index (χ3n) is 3.76. The summed E-state index contributed by atoms with van der Waals surface area (Å²) in [6, 6.07) is 5.51.